The summed E-state index contributed by atoms with van der Waals surface area (Å²) in [6.45, 7) is 3.87. The highest BCUT2D eigenvalue weighted by atomic mass is 16.2. The molecule has 1 aromatic carbocycles. The van der Waals surface area contributed by atoms with E-state index in [-0.39, 0.29) is 18.2 Å². The van der Waals surface area contributed by atoms with Gasteiger partial charge >= 0.3 is 0 Å². The molecular formula is C14H18N2O2. The molecule has 2 rings (SSSR count). The van der Waals surface area contributed by atoms with Crippen molar-refractivity contribution in [1.29, 1.82) is 0 Å². The average molecular weight is 246 g/mol. The lowest BCUT2D eigenvalue weighted by atomic mass is 10.1. The summed E-state index contributed by atoms with van der Waals surface area (Å²) in [5, 5.41) is 5.60. The summed E-state index contributed by atoms with van der Waals surface area (Å²) in [6, 6.07) is 6.12. The van der Waals surface area contributed by atoms with Gasteiger partial charge in [-0.05, 0) is 37.8 Å². The standard InChI is InChI=1S/C14H18N2O2/c1-9-4-3-5-10(2)14(9)16-13(18)8-12(17)15-11-6-7-11/h3-5,11H,6-8H2,1-2H3,(H,15,17)(H,16,18). The molecule has 1 aliphatic carbocycles. The fourth-order valence-electron chi connectivity index (χ4n) is 1.85. The number of anilines is 1. The number of carbonyl (C=O) groups excluding carboxylic acids is 2. The molecule has 0 spiro atoms. The molecule has 1 aliphatic rings. The predicted molar refractivity (Wildman–Crippen MR) is 70.3 cm³/mol. The van der Waals surface area contributed by atoms with Crippen LogP contribution in [0.15, 0.2) is 18.2 Å². The second-order valence-electron chi connectivity index (χ2n) is 4.83. The number of hydrogen-bond donors (Lipinski definition) is 2. The van der Waals surface area contributed by atoms with Crippen molar-refractivity contribution >= 4 is 17.5 Å². The maximum atomic E-state index is 11.8. The number of hydrogen-bond acceptors (Lipinski definition) is 2. The Hall–Kier alpha value is -1.84. The molecule has 1 aromatic rings. The molecular weight excluding hydrogens is 228 g/mol. The topological polar surface area (TPSA) is 58.2 Å². The molecule has 0 heterocycles. The van der Waals surface area contributed by atoms with Crippen molar-refractivity contribution in [2.24, 2.45) is 0 Å². The van der Waals surface area contributed by atoms with E-state index in [0.29, 0.717) is 6.04 Å². The van der Waals surface area contributed by atoms with Crippen molar-refractivity contribution in [3.05, 3.63) is 29.3 Å². The third-order valence-electron chi connectivity index (χ3n) is 3.01. The first-order valence-corrected chi connectivity index (χ1v) is 6.21. The number of carbonyl (C=O) groups is 2. The van der Waals surface area contributed by atoms with Crippen molar-refractivity contribution in [3.63, 3.8) is 0 Å². The van der Waals surface area contributed by atoms with Gasteiger partial charge in [0.15, 0.2) is 0 Å². The Balaban J connectivity index is 1.91. The molecule has 18 heavy (non-hydrogen) atoms. The Kier molecular flexibility index (Phi) is 3.65. The molecule has 0 atom stereocenters. The highest BCUT2D eigenvalue weighted by Crippen LogP contribution is 2.20. The Morgan fingerprint density at radius 3 is 2.33 bits per heavy atom. The Morgan fingerprint density at radius 2 is 1.78 bits per heavy atom. The van der Waals surface area contributed by atoms with Gasteiger partial charge in [-0.3, -0.25) is 9.59 Å². The third-order valence-corrected chi connectivity index (χ3v) is 3.01. The van der Waals surface area contributed by atoms with Gasteiger partial charge in [-0.25, -0.2) is 0 Å². The number of para-hydroxylation sites is 1. The summed E-state index contributed by atoms with van der Waals surface area (Å²) >= 11 is 0. The van der Waals surface area contributed by atoms with Crippen LogP contribution in [0, 0.1) is 13.8 Å². The zero-order valence-electron chi connectivity index (χ0n) is 10.7. The van der Waals surface area contributed by atoms with Gasteiger partial charge < -0.3 is 10.6 Å². The van der Waals surface area contributed by atoms with Crippen LogP contribution in [0.3, 0.4) is 0 Å². The number of benzene rings is 1. The van der Waals surface area contributed by atoms with E-state index < -0.39 is 0 Å². The van der Waals surface area contributed by atoms with Crippen LogP contribution >= 0.6 is 0 Å². The molecule has 4 heteroatoms. The van der Waals surface area contributed by atoms with Crippen molar-refractivity contribution in [2.75, 3.05) is 5.32 Å². The minimum Gasteiger partial charge on any atom is -0.353 e. The molecule has 2 N–H and O–H groups in total. The van der Waals surface area contributed by atoms with Crippen molar-refractivity contribution in [1.82, 2.24) is 5.32 Å². The smallest absolute Gasteiger partial charge is 0.233 e. The fourth-order valence-corrected chi connectivity index (χ4v) is 1.85. The molecule has 1 fully saturated rings. The summed E-state index contributed by atoms with van der Waals surface area (Å²) in [5.41, 5.74) is 2.82. The first kappa shape index (κ1) is 12.6. The normalized spacial score (nSPS) is 14.1. The maximum Gasteiger partial charge on any atom is 0.233 e. The van der Waals surface area contributed by atoms with Gasteiger partial charge in [-0.15, -0.1) is 0 Å². The molecule has 96 valence electrons. The zero-order valence-corrected chi connectivity index (χ0v) is 10.7. The van der Waals surface area contributed by atoms with Crippen molar-refractivity contribution in [3.8, 4) is 0 Å². The fraction of sp³-hybridized carbons (Fsp3) is 0.429. The average Bonchev–Trinajstić information content (AvgIpc) is 3.07. The quantitative estimate of drug-likeness (QED) is 0.797. The van der Waals surface area contributed by atoms with E-state index in [0.717, 1.165) is 29.7 Å². The number of aryl methyl sites for hydroxylation is 2. The highest BCUT2D eigenvalue weighted by Gasteiger charge is 2.24. The van der Waals surface area contributed by atoms with Gasteiger partial charge in [0.1, 0.15) is 6.42 Å². The number of rotatable bonds is 4. The Labute approximate surface area is 107 Å². The van der Waals surface area contributed by atoms with Crippen LogP contribution in [0.5, 0.6) is 0 Å². The number of nitrogens with one attached hydrogen (secondary N) is 2. The molecule has 0 bridgehead atoms. The summed E-state index contributed by atoms with van der Waals surface area (Å²) in [4.78, 5) is 23.2. The molecule has 1 saturated carbocycles. The highest BCUT2D eigenvalue weighted by molar-refractivity contribution is 6.04. The largest absolute Gasteiger partial charge is 0.353 e. The van der Waals surface area contributed by atoms with E-state index >= 15 is 0 Å². The van der Waals surface area contributed by atoms with E-state index in [1.54, 1.807) is 0 Å². The van der Waals surface area contributed by atoms with E-state index in [4.69, 9.17) is 0 Å². The van der Waals surface area contributed by atoms with Crippen LogP contribution in [-0.4, -0.2) is 17.9 Å². The van der Waals surface area contributed by atoms with Gasteiger partial charge in [0, 0.05) is 11.7 Å². The minimum atomic E-state index is -0.259. The van der Waals surface area contributed by atoms with Gasteiger partial charge in [0.2, 0.25) is 11.8 Å². The first-order valence-electron chi connectivity index (χ1n) is 6.21. The van der Waals surface area contributed by atoms with Crippen molar-refractivity contribution < 1.29 is 9.59 Å². The summed E-state index contributed by atoms with van der Waals surface area (Å²) in [7, 11) is 0. The lowest BCUT2D eigenvalue weighted by Gasteiger charge is -2.11. The molecule has 0 aliphatic heterocycles. The lowest BCUT2D eigenvalue weighted by molar-refractivity contribution is -0.126. The van der Waals surface area contributed by atoms with Crippen molar-refractivity contribution in [2.45, 2.75) is 39.2 Å². The van der Waals surface area contributed by atoms with Crippen LogP contribution in [0.2, 0.25) is 0 Å². The van der Waals surface area contributed by atoms with E-state index in [1.165, 1.54) is 0 Å². The van der Waals surface area contributed by atoms with Crippen LogP contribution in [-0.2, 0) is 9.59 Å². The second kappa shape index (κ2) is 5.21. The van der Waals surface area contributed by atoms with Crippen LogP contribution in [0.1, 0.15) is 30.4 Å². The predicted octanol–water partition coefficient (Wildman–Crippen LogP) is 1.91. The van der Waals surface area contributed by atoms with E-state index in [9.17, 15) is 9.59 Å². The van der Waals surface area contributed by atoms with Gasteiger partial charge in [0.25, 0.3) is 0 Å². The first-order chi connectivity index (χ1) is 8.56. The summed E-state index contributed by atoms with van der Waals surface area (Å²) in [6.07, 6.45) is 1.96. The third kappa shape index (κ3) is 3.32. The maximum absolute atomic E-state index is 11.8. The summed E-state index contributed by atoms with van der Waals surface area (Å²) < 4.78 is 0. The molecule has 0 unspecified atom stereocenters. The van der Waals surface area contributed by atoms with Crippen LogP contribution in [0.25, 0.3) is 0 Å². The van der Waals surface area contributed by atoms with E-state index in [2.05, 4.69) is 10.6 Å². The monoisotopic (exact) mass is 246 g/mol. The second-order valence-corrected chi connectivity index (χ2v) is 4.83. The summed E-state index contributed by atoms with van der Waals surface area (Å²) in [5.74, 6) is -0.452. The SMILES string of the molecule is Cc1cccc(C)c1NC(=O)CC(=O)NC1CC1. The lowest BCUT2D eigenvalue weighted by Crippen LogP contribution is -2.29. The van der Waals surface area contributed by atoms with Crippen LogP contribution in [0.4, 0.5) is 5.69 Å². The van der Waals surface area contributed by atoms with Gasteiger partial charge in [-0.2, -0.15) is 0 Å². The van der Waals surface area contributed by atoms with E-state index in [1.807, 2.05) is 32.0 Å². The molecule has 0 radical (unpaired) electrons. The zero-order chi connectivity index (χ0) is 13.1. The Morgan fingerprint density at radius 1 is 1.17 bits per heavy atom. The number of amides is 2. The molecule has 0 aromatic heterocycles. The minimum absolute atomic E-state index is 0.107. The molecule has 4 nitrogen and oxygen atoms in total. The molecule has 2 amide bonds. The Bertz CT molecular complexity index is 458. The molecule has 0 saturated heterocycles. The van der Waals surface area contributed by atoms with Gasteiger partial charge in [0.05, 0.1) is 0 Å². The van der Waals surface area contributed by atoms with Crippen LogP contribution < -0.4 is 10.6 Å². The van der Waals surface area contributed by atoms with Gasteiger partial charge in [-0.1, -0.05) is 18.2 Å².